The van der Waals surface area contributed by atoms with E-state index in [1.54, 1.807) is 24.3 Å². The van der Waals surface area contributed by atoms with Crippen molar-refractivity contribution in [3.05, 3.63) is 70.5 Å². The lowest BCUT2D eigenvalue weighted by Crippen LogP contribution is -2.20. The Hall–Kier alpha value is -4.23. The van der Waals surface area contributed by atoms with Crippen LogP contribution in [0, 0.1) is 0 Å². The summed E-state index contributed by atoms with van der Waals surface area (Å²) in [4.78, 5) is 20.6. The molecule has 12 nitrogen and oxygen atoms in total. The van der Waals surface area contributed by atoms with E-state index in [-0.39, 0.29) is 23.1 Å². The number of carbonyl (C=O) groups excluding carboxylic acids is 1. The average Bonchev–Trinajstić information content (AvgIpc) is 3.56. The number of anilines is 1. The van der Waals surface area contributed by atoms with Crippen LogP contribution in [0.5, 0.6) is 0 Å². The molecular formula is C20H15ClN10O2S. The monoisotopic (exact) mass is 494 g/mol. The summed E-state index contributed by atoms with van der Waals surface area (Å²) in [5.41, 5.74) is 11.2. The number of nitrogen functional groups attached to an aromatic ring is 1. The summed E-state index contributed by atoms with van der Waals surface area (Å²) in [5.74, 6) is -0.168. The molecule has 0 atom stereocenters. The number of benzene rings is 2. The van der Waals surface area contributed by atoms with Crippen molar-refractivity contribution in [1.82, 2.24) is 40.7 Å². The van der Waals surface area contributed by atoms with Crippen LogP contribution in [0.2, 0.25) is 5.02 Å². The number of nitrogens with two attached hydrogens (primary N) is 1. The number of nitrogens with one attached hydrogen (secondary N) is 2. The molecule has 0 radical (unpaired) electrons. The molecule has 0 aliphatic rings. The fourth-order valence-electron chi connectivity index (χ4n) is 3.02. The standard InChI is InChI=1S/C20H15ClN10O2S/c21-12-7-5-11(6-8-12)9-23-27-19(32)16-15(31(30-26-16)18-17(22)28-33-29-18)10-34-20-24-13-3-1-2-4-14(13)25-20/h1-9H,10H2,(H2,22,28)(H,24,25)(H,27,32)/b23-9-. The first-order chi connectivity index (χ1) is 16.6. The molecule has 3 aromatic heterocycles. The number of para-hydroxylation sites is 2. The first kappa shape index (κ1) is 21.6. The van der Waals surface area contributed by atoms with Crippen molar-refractivity contribution >= 4 is 52.3 Å². The lowest BCUT2D eigenvalue weighted by atomic mass is 10.2. The SMILES string of the molecule is Nc1nonc1-n1nnc(C(=O)N/N=C\c2ccc(Cl)cc2)c1CSc1nc2ccccc2[nH]1. The number of aromatic amines is 1. The highest BCUT2D eigenvalue weighted by molar-refractivity contribution is 7.98. The fourth-order valence-corrected chi connectivity index (χ4v) is 4.02. The van der Waals surface area contributed by atoms with Crippen molar-refractivity contribution in [2.24, 2.45) is 5.10 Å². The minimum absolute atomic E-state index is 0.00704. The van der Waals surface area contributed by atoms with E-state index in [0.29, 0.717) is 15.9 Å². The Bertz CT molecular complexity index is 1460. The van der Waals surface area contributed by atoms with Gasteiger partial charge in [0.1, 0.15) is 0 Å². The van der Waals surface area contributed by atoms with Crippen molar-refractivity contribution in [3.8, 4) is 5.82 Å². The van der Waals surface area contributed by atoms with Crippen molar-refractivity contribution in [1.29, 1.82) is 0 Å². The molecule has 0 bridgehead atoms. The summed E-state index contributed by atoms with van der Waals surface area (Å²) in [6, 6.07) is 14.6. The van der Waals surface area contributed by atoms with Gasteiger partial charge in [0.05, 0.1) is 22.9 Å². The number of rotatable bonds is 7. The van der Waals surface area contributed by atoms with E-state index >= 15 is 0 Å². The van der Waals surface area contributed by atoms with Crippen molar-refractivity contribution < 1.29 is 9.42 Å². The maximum absolute atomic E-state index is 12.8. The van der Waals surface area contributed by atoms with Gasteiger partial charge in [0, 0.05) is 10.8 Å². The number of hydrogen-bond donors (Lipinski definition) is 3. The number of imidazole rings is 1. The minimum atomic E-state index is -0.563. The summed E-state index contributed by atoms with van der Waals surface area (Å²) >= 11 is 7.24. The largest absolute Gasteiger partial charge is 0.378 e. The third-order valence-electron chi connectivity index (χ3n) is 4.64. The van der Waals surface area contributed by atoms with E-state index in [1.807, 2.05) is 24.3 Å². The van der Waals surface area contributed by atoms with Gasteiger partial charge in [-0.05, 0) is 40.1 Å². The number of thioether (sulfide) groups is 1. The molecule has 0 spiro atoms. The molecule has 1 amide bonds. The van der Waals surface area contributed by atoms with E-state index in [2.05, 4.69) is 45.7 Å². The molecule has 170 valence electrons. The topological polar surface area (TPSA) is 166 Å². The molecular weight excluding hydrogens is 480 g/mol. The summed E-state index contributed by atoms with van der Waals surface area (Å²) in [6.45, 7) is 0. The maximum Gasteiger partial charge on any atom is 0.293 e. The number of halogens is 1. The molecule has 5 aromatic rings. The van der Waals surface area contributed by atoms with Gasteiger partial charge in [-0.2, -0.15) is 9.78 Å². The zero-order chi connectivity index (χ0) is 23.5. The molecule has 0 aliphatic heterocycles. The van der Waals surface area contributed by atoms with Gasteiger partial charge in [0.2, 0.25) is 11.6 Å². The predicted molar refractivity (Wildman–Crippen MR) is 126 cm³/mol. The van der Waals surface area contributed by atoms with Crippen LogP contribution in [0.1, 0.15) is 21.7 Å². The number of amides is 1. The second-order valence-electron chi connectivity index (χ2n) is 6.87. The first-order valence-electron chi connectivity index (χ1n) is 9.78. The lowest BCUT2D eigenvalue weighted by Gasteiger charge is -2.04. The fraction of sp³-hybridized carbons (Fsp3) is 0.0500. The van der Waals surface area contributed by atoms with E-state index in [0.717, 1.165) is 16.6 Å². The second-order valence-corrected chi connectivity index (χ2v) is 8.27. The molecule has 0 fully saturated rings. The van der Waals surface area contributed by atoms with E-state index in [4.69, 9.17) is 17.3 Å². The number of aromatic nitrogens is 7. The van der Waals surface area contributed by atoms with Gasteiger partial charge in [-0.25, -0.2) is 15.0 Å². The number of nitrogens with zero attached hydrogens (tertiary/aromatic N) is 7. The van der Waals surface area contributed by atoms with Crippen molar-refractivity contribution in [2.75, 3.05) is 5.73 Å². The van der Waals surface area contributed by atoms with Gasteiger partial charge >= 0.3 is 0 Å². The zero-order valence-corrected chi connectivity index (χ0v) is 18.8. The Morgan fingerprint density at radius 1 is 1.24 bits per heavy atom. The van der Waals surface area contributed by atoms with Crippen LogP contribution in [-0.2, 0) is 5.75 Å². The Morgan fingerprint density at radius 2 is 2.06 bits per heavy atom. The number of H-pyrrole nitrogens is 1. The molecule has 2 aromatic carbocycles. The molecule has 0 aliphatic carbocycles. The van der Waals surface area contributed by atoms with Crippen LogP contribution in [0.15, 0.2) is 63.4 Å². The molecule has 0 unspecified atom stereocenters. The molecule has 5 rings (SSSR count). The van der Waals surface area contributed by atoms with Gasteiger partial charge in [0.15, 0.2) is 10.9 Å². The summed E-state index contributed by atoms with van der Waals surface area (Å²) < 4.78 is 5.98. The Kier molecular flexibility index (Phi) is 5.93. The van der Waals surface area contributed by atoms with Gasteiger partial charge in [-0.15, -0.1) is 5.10 Å². The van der Waals surface area contributed by atoms with Crippen LogP contribution >= 0.6 is 23.4 Å². The number of hydrogen-bond acceptors (Lipinski definition) is 10. The van der Waals surface area contributed by atoms with Gasteiger partial charge in [-0.1, -0.05) is 52.8 Å². The molecule has 4 N–H and O–H groups in total. The normalized spacial score (nSPS) is 11.4. The average molecular weight is 495 g/mol. The third-order valence-corrected chi connectivity index (χ3v) is 5.77. The Morgan fingerprint density at radius 3 is 2.82 bits per heavy atom. The number of carbonyl (C=O) groups is 1. The minimum Gasteiger partial charge on any atom is -0.378 e. The Balaban J connectivity index is 1.39. The molecule has 0 saturated carbocycles. The van der Waals surface area contributed by atoms with Crippen LogP contribution in [-0.4, -0.2) is 47.4 Å². The van der Waals surface area contributed by atoms with Crippen LogP contribution < -0.4 is 11.2 Å². The van der Waals surface area contributed by atoms with Gasteiger partial charge < -0.3 is 10.7 Å². The van der Waals surface area contributed by atoms with Crippen LogP contribution in [0.4, 0.5) is 5.82 Å². The summed E-state index contributed by atoms with van der Waals surface area (Å²) in [6.07, 6.45) is 1.49. The van der Waals surface area contributed by atoms with E-state index < -0.39 is 5.91 Å². The highest BCUT2D eigenvalue weighted by Gasteiger charge is 2.24. The lowest BCUT2D eigenvalue weighted by molar-refractivity contribution is 0.0949. The van der Waals surface area contributed by atoms with Crippen molar-refractivity contribution in [2.45, 2.75) is 10.9 Å². The number of fused-ring (bicyclic) bond motifs is 1. The van der Waals surface area contributed by atoms with Gasteiger partial charge in [-0.3, -0.25) is 4.79 Å². The molecule has 3 heterocycles. The third kappa shape index (κ3) is 4.46. The van der Waals surface area contributed by atoms with Crippen LogP contribution in [0.3, 0.4) is 0 Å². The zero-order valence-electron chi connectivity index (χ0n) is 17.2. The van der Waals surface area contributed by atoms with Gasteiger partial charge in [0.25, 0.3) is 5.91 Å². The second kappa shape index (κ2) is 9.33. The quantitative estimate of drug-likeness (QED) is 0.175. The highest BCUT2D eigenvalue weighted by Crippen LogP contribution is 2.26. The Labute approximate surface area is 200 Å². The molecule has 34 heavy (non-hydrogen) atoms. The molecule has 0 saturated heterocycles. The van der Waals surface area contributed by atoms with E-state index in [9.17, 15) is 4.79 Å². The van der Waals surface area contributed by atoms with E-state index in [1.165, 1.54) is 22.7 Å². The molecule has 14 heteroatoms. The highest BCUT2D eigenvalue weighted by atomic mass is 35.5. The summed E-state index contributed by atoms with van der Waals surface area (Å²) in [5, 5.41) is 20.6. The first-order valence-corrected chi connectivity index (χ1v) is 11.1. The maximum atomic E-state index is 12.8. The number of hydrazone groups is 1. The smallest absolute Gasteiger partial charge is 0.293 e. The predicted octanol–water partition coefficient (Wildman–Crippen LogP) is 2.82. The van der Waals surface area contributed by atoms with Crippen LogP contribution in [0.25, 0.3) is 16.9 Å². The van der Waals surface area contributed by atoms with Crippen molar-refractivity contribution in [3.63, 3.8) is 0 Å². The summed E-state index contributed by atoms with van der Waals surface area (Å²) in [7, 11) is 0.